The number of rotatable bonds is 5. The number of carbonyl (C=O) groups excluding carboxylic acids is 1. The Morgan fingerprint density at radius 3 is 2.65 bits per heavy atom. The number of carbonyl (C=O) groups is 1. The van der Waals surface area contributed by atoms with E-state index in [1.807, 2.05) is 55.6 Å². The molecule has 2 amide bonds. The van der Waals surface area contributed by atoms with Gasteiger partial charge in [0.05, 0.1) is 19.4 Å². The number of methoxy groups -OCH3 is 1. The number of nitrogens with zero attached hydrogens (tertiary/aromatic N) is 1. The monoisotopic (exact) mass is 355 g/mol. The SMILES string of the molecule is COc1ccc(-c2ccccc2)cc1NC(=O)N[C@@H]1C[C@@H](CO)N(C)C1. The van der Waals surface area contributed by atoms with Crippen LogP contribution >= 0.6 is 0 Å². The van der Waals surface area contributed by atoms with Crippen LogP contribution in [0.25, 0.3) is 11.1 Å². The second-order valence-corrected chi connectivity index (χ2v) is 6.59. The topological polar surface area (TPSA) is 73.8 Å². The molecule has 0 aliphatic carbocycles. The van der Waals surface area contributed by atoms with Crippen molar-refractivity contribution in [3.8, 4) is 16.9 Å². The van der Waals surface area contributed by atoms with E-state index in [2.05, 4.69) is 15.5 Å². The van der Waals surface area contributed by atoms with Gasteiger partial charge in [0.15, 0.2) is 0 Å². The third-order valence-corrected chi connectivity index (χ3v) is 4.79. The Hall–Kier alpha value is -2.57. The normalized spacial score (nSPS) is 20.0. The molecule has 6 heteroatoms. The van der Waals surface area contributed by atoms with Crippen LogP contribution in [0.5, 0.6) is 5.75 Å². The third-order valence-electron chi connectivity index (χ3n) is 4.79. The van der Waals surface area contributed by atoms with Gasteiger partial charge in [-0.05, 0) is 36.7 Å². The second kappa shape index (κ2) is 8.21. The maximum Gasteiger partial charge on any atom is 0.319 e. The van der Waals surface area contributed by atoms with Crippen molar-refractivity contribution in [3.05, 3.63) is 48.5 Å². The van der Waals surface area contributed by atoms with Crippen molar-refractivity contribution in [3.63, 3.8) is 0 Å². The minimum absolute atomic E-state index is 0.0143. The average molecular weight is 355 g/mol. The third kappa shape index (κ3) is 4.15. The van der Waals surface area contributed by atoms with Gasteiger partial charge in [-0.25, -0.2) is 4.79 Å². The number of urea groups is 1. The summed E-state index contributed by atoms with van der Waals surface area (Å²) in [5.74, 6) is 0.608. The Morgan fingerprint density at radius 2 is 2.00 bits per heavy atom. The molecule has 3 N–H and O–H groups in total. The molecule has 0 aromatic heterocycles. The van der Waals surface area contributed by atoms with Crippen LogP contribution in [-0.2, 0) is 0 Å². The minimum Gasteiger partial charge on any atom is -0.495 e. The minimum atomic E-state index is -0.273. The largest absolute Gasteiger partial charge is 0.495 e. The van der Waals surface area contributed by atoms with Crippen LogP contribution in [0.3, 0.4) is 0 Å². The molecule has 6 nitrogen and oxygen atoms in total. The number of hydrogen-bond donors (Lipinski definition) is 3. The number of nitrogens with one attached hydrogen (secondary N) is 2. The molecule has 2 aromatic rings. The quantitative estimate of drug-likeness (QED) is 0.771. The van der Waals surface area contributed by atoms with Gasteiger partial charge in [-0.2, -0.15) is 0 Å². The van der Waals surface area contributed by atoms with Crippen LogP contribution in [-0.4, -0.2) is 55.4 Å². The first kappa shape index (κ1) is 18.2. The molecular formula is C20H25N3O3. The fourth-order valence-corrected chi connectivity index (χ4v) is 3.36. The van der Waals surface area contributed by atoms with Crippen molar-refractivity contribution >= 4 is 11.7 Å². The first-order valence-corrected chi connectivity index (χ1v) is 8.72. The highest BCUT2D eigenvalue weighted by molar-refractivity contribution is 5.92. The molecule has 0 radical (unpaired) electrons. The highest BCUT2D eigenvalue weighted by Crippen LogP contribution is 2.30. The lowest BCUT2D eigenvalue weighted by molar-refractivity contribution is 0.182. The number of aliphatic hydroxyl groups excluding tert-OH is 1. The van der Waals surface area contributed by atoms with Gasteiger partial charge in [-0.3, -0.25) is 4.90 Å². The van der Waals surface area contributed by atoms with Crippen molar-refractivity contribution < 1.29 is 14.6 Å². The molecule has 1 saturated heterocycles. The summed E-state index contributed by atoms with van der Waals surface area (Å²) >= 11 is 0. The molecular weight excluding hydrogens is 330 g/mol. The number of aliphatic hydroxyl groups is 1. The van der Waals surface area contributed by atoms with Crippen molar-refractivity contribution in [2.24, 2.45) is 0 Å². The van der Waals surface area contributed by atoms with Crippen molar-refractivity contribution in [1.82, 2.24) is 10.2 Å². The summed E-state index contributed by atoms with van der Waals surface area (Å²) in [5, 5.41) is 15.2. The predicted molar refractivity (Wildman–Crippen MR) is 102 cm³/mol. The van der Waals surface area contributed by atoms with Gasteiger partial charge in [-0.15, -0.1) is 0 Å². The van der Waals surface area contributed by atoms with Crippen LogP contribution in [0.4, 0.5) is 10.5 Å². The summed E-state index contributed by atoms with van der Waals surface area (Å²) in [5.41, 5.74) is 2.70. The van der Waals surface area contributed by atoms with E-state index in [4.69, 9.17) is 4.74 Å². The van der Waals surface area contributed by atoms with E-state index in [0.29, 0.717) is 11.4 Å². The summed E-state index contributed by atoms with van der Waals surface area (Å²) in [6.45, 7) is 0.822. The highest BCUT2D eigenvalue weighted by Gasteiger charge is 2.29. The van der Waals surface area contributed by atoms with Crippen LogP contribution in [0.2, 0.25) is 0 Å². The Labute approximate surface area is 153 Å². The average Bonchev–Trinajstić information content (AvgIpc) is 3.01. The first-order valence-electron chi connectivity index (χ1n) is 8.72. The Kier molecular flexibility index (Phi) is 5.75. The summed E-state index contributed by atoms with van der Waals surface area (Å²) in [7, 11) is 3.53. The van der Waals surface area contributed by atoms with E-state index in [1.54, 1.807) is 7.11 Å². The fourth-order valence-electron chi connectivity index (χ4n) is 3.36. The van der Waals surface area contributed by atoms with Crippen LogP contribution in [0, 0.1) is 0 Å². The lowest BCUT2D eigenvalue weighted by Gasteiger charge is -2.16. The Balaban J connectivity index is 1.71. The fraction of sp³-hybridized carbons (Fsp3) is 0.350. The smallest absolute Gasteiger partial charge is 0.319 e. The van der Waals surface area contributed by atoms with Gasteiger partial charge in [-0.1, -0.05) is 36.4 Å². The van der Waals surface area contributed by atoms with E-state index in [1.165, 1.54) is 0 Å². The lowest BCUT2D eigenvalue weighted by atomic mass is 10.0. The number of amides is 2. The van der Waals surface area contributed by atoms with E-state index in [9.17, 15) is 9.90 Å². The van der Waals surface area contributed by atoms with Gasteiger partial charge in [0.2, 0.25) is 0 Å². The van der Waals surface area contributed by atoms with Gasteiger partial charge >= 0.3 is 6.03 Å². The van der Waals surface area contributed by atoms with Gasteiger partial charge < -0.3 is 20.5 Å². The number of benzene rings is 2. The molecule has 138 valence electrons. The number of likely N-dealkylation sites (tertiary alicyclic amines) is 1. The molecule has 1 fully saturated rings. The summed E-state index contributed by atoms with van der Waals surface area (Å²) in [6, 6.07) is 15.5. The van der Waals surface area contributed by atoms with Gasteiger partial charge in [0.1, 0.15) is 5.75 Å². The van der Waals surface area contributed by atoms with E-state index < -0.39 is 0 Å². The van der Waals surface area contributed by atoms with E-state index in [-0.39, 0.29) is 24.7 Å². The molecule has 1 aliphatic heterocycles. The molecule has 1 heterocycles. The second-order valence-electron chi connectivity index (χ2n) is 6.59. The number of hydrogen-bond acceptors (Lipinski definition) is 4. The summed E-state index contributed by atoms with van der Waals surface area (Å²) in [4.78, 5) is 14.5. The number of anilines is 1. The summed E-state index contributed by atoms with van der Waals surface area (Å²) < 4.78 is 5.37. The Morgan fingerprint density at radius 1 is 1.23 bits per heavy atom. The van der Waals surface area contributed by atoms with Crippen LogP contribution in [0.1, 0.15) is 6.42 Å². The van der Waals surface area contributed by atoms with Gasteiger partial charge in [0.25, 0.3) is 0 Å². The van der Waals surface area contributed by atoms with Crippen LogP contribution < -0.4 is 15.4 Å². The number of likely N-dealkylation sites (N-methyl/N-ethyl adjacent to an activating group) is 1. The predicted octanol–water partition coefficient (Wildman–Crippen LogP) is 2.55. The zero-order chi connectivity index (χ0) is 18.5. The molecule has 0 bridgehead atoms. The van der Waals surface area contributed by atoms with Crippen LogP contribution in [0.15, 0.2) is 48.5 Å². The summed E-state index contributed by atoms with van der Waals surface area (Å²) in [6.07, 6.45) is 0.738. The van der Waals surface area contributed by atoms with Crippen molar-refractivity contribution in [2.75, 3.05) is 32.6 Å². The maximum absolute atomic E-state index is 12.4. The van der Waals surface area contributed by atoms with Gasteiger partial charge in [0, 0.05) is 18.6 Å². The van der Waals surface area contributed by atoms with Crippen molar-refractivity contribution in [1.29, 1.82) is 0 Å². The zero-order valence-electron chi connectivity index (χ0n) is 15.1. The molecule has 26 heavy (non-hydrogen) atoms. The molecule has 2 aromatic carbocycles. The van der Waals surface area contributed by atoms with Crippen molar-refractivity contribution in [2.45, 2.75) is 18.5 Å². The molecule has 0 spiro atoms. The van der Waals surface area contributed by atoms with E-state index >= 15 is 0 Å². The zero-order valence-corrected chi connectivity index (χ0v) is 15.1. The standard InChI is InChI=1S/C20H25N3O3/c1-23-12-16(11-17(23)13-24)21-20(25)22-18-10-15(8-9-19(18)26-2)14-6-4-3-5-7-14/h3-10,16-17,24H,11-13H2,1-2H3,(H2,21,22,25)/t16-,17+/m1/s1. The molecule has 3 rings (SSSR count). The molecule has 0 unspecified atom stereocenters. The highest BCUT2D eigenvalue weighted by atomic mass is 16.5. The first-order chi connectivity index (χ1) is 12.6. The number of ether oxygens (including phenoxy) is 1. The lowest BCUT2D eigenvalue weighted by Crippen LogP contribution is -2.39. The Bertz CT molecular complexity index is 751. The molecule has 0 saturated carbocycles. The maximum atomic E-state index is 12.4. The molecule has 1 aliphatic rings. The van der Waals surface area contributed by atoms with E-state index in [0.717, 1.165) is 24.1 Å². The molecule has 2 atom stereocenters.